The van der Waals surface area contributed by atoms with Crippen LogP contribution in [0, 0.1) is 10.1 Å². The molecule has 2 aromatic rings. The van der Waals surface area contributed by atoms with Gasteiger partial charge in [0.2, 0.25) is 0 Å². The van der Waals surface area contributed by atoms with Crippen LogP contribution in [-0.4, -0.2) is 28.8 Å². The van der Waals surface area contributed by atoms with Crippen LogP contribution in [-0.2, 0) is 15.6 Å². The molecular weight excluding hydrogens is 478 g/mol. The Kier molecular flexibility index (Phi) is 7.66. The minimum Gasteiger partial charge on any atom is -0.507 e. The van der Waals surface area contributed by atoms with E-state index in [0.717, 1.165) is 16.7 Å². The second-order valence-corrected chi connectivity index (χ2v) is 10.3. The summed E-state index contributed by atoms with van der Waals surface area (Å²) in [5.74, 6) is 0.0866. The number of ether oxygens (including phenoxy) is 1. The molecule has 32 heavy (non-hydrogen) atoms. The third-order valence-electron chi connectivity index (χ3n) is 4.64. The zero-order valence-corrected chi connectivity index (χ0v) is 20.6. The summed E-state index contributed by atoms with van der Waals surface area (Å²) in [6.45, 7) is 11.8. The van der Waals surface area contributed by atoms with Crippen molar-refractivity contribution in [2.45, 2.75) is 52.4 Å². The average molecular weight is 506 g/mol. The van der Waals surface area contributed by atoms with Crippen molar-refractivity contribution in [2.24, 2.45) is 5.10 Å². The number of phenolic OH excluding ortho intramolecular Hbond substituents is 1. The minimum atomic E-state index is -0.518. The number of phenols is 1. The van der Waals surface area contributed by atoms with E-state index in [0.29, 0.717) is 10.2 Å². The molecule has 8 nitrogen and oxygen atoms in total. The number of aromatic hydroxyl groups is 1. The molecule has 0 aromatic heterocycles. The molecule has 9 heteroatoms. The molecule has 172 valence electrons. The molecule has 0 aliphatic carbocycles. The number of rotatable bonds is 6. The fraction of sp³-hybridized carbons (Fsp3) is 0.391. The van der Waals surface area contributed by atoms with Crippen molar-refractivity contribution >= 4 is 33.7 Å². The molecular formula is C23H28BrN3O5. The van der Waals surface area contributed by atoms with Crippen LogP contribution in [0.3, 0.4) is 0 Å². The second-order valence-electron chi connectivity index (χ2n) is 9.42. The van der Waals surface area contributed by atoms with E-state index in [9.17, 15) is 20.0 Å². The van der Waals surface area contributed by atoms with Crippen LogP contribution in [0.1, 0.15) is 58.2 Å². The lowest BCUT2D eigenvalue weighted by Gasteiger charge is -2.27. The number of nitrogens with zero attached hydrogens (tertiary/aromatic N) is 2. The van der Waals surface area contributed by atoms with Gasteiger partial charge in [-0.3, -0.25) is 14.9 Å². The highest BCUT2D eigenvalue weighted by Crippen LogP contribution is 2.39. The van der Waals surface area contributed by atoms with Gasteiger partial charge >= 0.3 is 0 Å². The number of hydrogen-bond acceptors (Lipinski definition) is 6. The van der Waals surface area contributed by atoms with Gasteiger partial charge in [0.25, 0.3) is 11.6 Å². The average Bonchev–Trinajstić information content (AvgIpc) is 2.66. The summed E-state index contributed by atoms with van der Waals surface area (Å²) in [5.41, 5.74) is 4.10. The summed E-state index contributed by atoms with van der Waals surface area (Å²) >= 11 is 3.19. The third-order valence-corrected chi connectivity index (χ3v) is 5.26. The standard InChI is InChI=1S/C23H28BrN3O5/c1-22(2,3)16-9-14(10-17(21(16)29)23(4,5)6)12-25-26-20(28)13-32-19-8-7-15(27(30)31)11-18(19)24/h7-12,29H,13H2,1-6H3,(H,26,28). The van der Waals surface area contributed by atoms with Crippen molar-refractivity contribution < 1.29 is 19.6 Å². The molecule has 2 rings (SSSR count). The van der Waals surface area contributed by atoms with Crippen LogP contribution in [0.5, 0.6) is 11.5 Å². The Morgan fingerprint density at radius 1 is 1.16 bits per heavy atom. The van der Waals surface area contributed by atoms with Gasteiger partial charge in [-0.25, -0.2) is 5.43 Å². The number of benzene rings is 2. The Balaban J connectivity index is 2.10. The number of carbonyl (C=O) groups excluding carboxylic acids is 1. The van der Waals surface area contributed by atoms with Crippen molar-refractivity contribution in [3.8, 4) is 11.5 Å². The zero-order chi connectivity index (χ0) is 24.3. The number of nitro groups is 1. The van der Waals surface area contributed by atoms with Gasteiger partial charge in [0.15, 0.2) is 6.61 Å². The first-order valence-corrected chi connectivity index (χ1v) is 10.8. The van der Waals surface area contributed by atoms with Crippen LogP contribution < -0.4 is 10.2 Å². The molecule has 0 atom stereocenters. The Bertz CT molecular complexity index is 1020. The lowest BCUT2D eigenvalue weighted by molar-refractivity contribution is -0.384. The van der Waals surface area contributed by atoms with Crippen molar-refractivity contribution in [3.05, 3.63) is 61.6 Å². The van der Waals surface area contributed by atoms with Crippen LogP contribution >= 0.6 is 15.9 Å². The van der Waals surface area contributed by atoms with E-state index in [1.165, 1.54) is 24.4 Å². The highest BCUT2D eigenvalue weighted by molar-refractivity contribution is 9.10. The van der Waals surface area contributed by atoms with Gasteiger partial charge in [-0.05, 0) is 50.5 Å². The summed E-state index contributed by atoms with van der Waals surface area (Å²) in [6.07, 6.45) is 1.52. The summed E-state index contributed by atoms with van der Waals surface area (Å²) < 4.78 is 5.76. The molecule has 2 aromatic carbocycles. The fourth-order valence-electron chi connectivity index (χ4n) is 2.95. The summed E-state index contributed by atoms with van der Waals surface area (Å²) in [6, 6.07) is 7.71. The van der Waals surface area contributed by atoms with Crippen molar-refractivity contribution in [1.82, 2.24) is 5.43 Å². The molecule has 0 spiro atoms. The van der Waals surface area contributed by atoms with Gasteiger partial charge < -0.3 is 9.84 Å². The van der Waals surface area contributed by atoms with E-state index in [1.54, 1.807) is 0 Å². The van der Waals surface area contributed by atoms with E-state index >= 15 is 0 Å². The van der Waals surface area contributed by atoms with Crippen LogP contribution in [0.25, 0.3) is 0 Å². The third kappa shape index (κ3) is 6.53. The first kappa shape index (κ1) is 25.3. The van der Waals surface area contributed by atoms with Crippen LogP contribution in [0.4, 0.5) is 5.69 Å². The summed E-state index contributed by atoms with van der Waals surface area (Å²) in [4.78, 5) is 22.4. The predicted molar refractivity (Wildman–Crippen MR) is 128 cm³/mol. The number of halogens is 1. The lowest BCUT2D eigenvalue weighted by atomic mass is 9.78. The molecule has 0 saturated carbocycles. The first-order valence-electron chi connectivity index (χ1n) is 9.97. The van der Waals surface area contributed by atoms with Gasteiger partial charge in [-0.2, -0.15) is 5.10 Å². The maximum absolute atomic E-state index is 12.1. The lowest BCUT2D eigenvalue weighted by Crippen LogP contribution is -2.24. The van der Waals surface area contributed by atoms with Gasteiger partial charge in [0, 0.05) is 23.3 Å². The molecule has 0 radical (unpaired) electrons. The van der Waals surface area contributed by atoms with Crippen molar-refractivity contribution in [3.63, 3.8) is 0 Å². The molecule has 2 N–H and O–H groups in total. The molecule has 0 aliphatic heterocycles. The van der Waals surface area contributed by atoms with Crippen molar-refractivity contribution in [2.75, 3.05) is 6.61 Å². The van der Waals surface area contributed by atoms with Gasteiger partial charge in [-0.1, -0.05) is 41.5 Å². The number of carbonyl (C=O) groups is 1. The molecule has 0 unspecified atom stereocenters. The van der Waals surface area contributed by atoms with Gasteiger partial charge in [0.1, 0.15) is 11.5 Å². The Hall–Kier alpha value is -2.94. The van der Waals surface area contributed by atoms with E-state index in [1.807, 2.05) is 53.7 Å². The normalized spacial score (nSPS) is 12.1. The monoisotopic (exact) mass is 505 g/mol. The van der Waals surface area contributed by atoms with Gasteiger partial charge in [-0.15, -0.1) is 0 Å². The Morgan fingerprint density at radius 2 is 1.72 bits per heavy atom. The van der Waals surface area contributed by atoms with Crippen molar-refractivity contribution in [1.29, 1.82) is 0 Å². The second kappa shape index (κ2) is 9.68. The largest absolute Gasteiger partial charge is 0.507 e. The predicted octanol–water partition coefficient (Wildman–Crippen LogP) is 5.19. The van der Waals surface area contributed by atoms with Gasteiger partial charge in [0.05, 0.1) is 15.6 Å². The maximum Gasteiger partial charge on any atom is 0.277 e. The maximum atomic E-state index is 12.1. The molecule has 0 heterocycles. The smallest absolute Gasteiger partial charge is 0.277 e. The van der Waals surface area contributed by atoms with E-state index in [4.69, 9.17) is 4.74 Å². The summed E-state index contributed by atoms with van der Waals surface area (Å²) in [7, 11) is 0. The Morgan fingerprint density at radius 3 is 2.19 bits per heavy atom. The molecule has 1 amide bonds. The van der Waals surface area contributed by atoms with Crippen LogP contribution in [0.2, 0.25) is 0 Å². The number of nitro benzene ring substituents is 1. The highest BCUT2D eigenvalue weighted by atomic mass is 79.9. The Labute approximate surface area is 196 Å². The SMILES string of the molecule is CC(C)(C)c1cc(C=NNC(=O)COc2ccc([N+](=O)[O-])cc2Br)cc(C(C)(C)C)c1O. The molecule has 0 fully saturated rings. The quantitative estimate of drug-likeness (QED) is 0.318. The van der Waals surface area contributed by atoms with E-state index in [-0.39, 0.29) is 28.9 Å². The first-order chi connectivity index (χ1) is 14.7. The van der Waals surface area contributed by atoms with Crippen LogP contribution in [0.15, 0.2) is 39.9 Å². The topological polar surface area (TPSA) is 114 Å². The van der Waals surface area contributed by atoms with E-state index in [2.05, 4.69) is 26.5 Å². The number of amides is 1. The number of hydrogen-bond donors (Lipinski definition) is 2. The highest BCUT2D eigenvalue weighted by Gasteiger charge is 2.26. The van der Waals surface area contributed by atoms with E-state index < -0.39 is 10.8 Å². The number of hydrazone groups is 1. The number of nitrogens with one attached hydrogen (secondary N) is 1. The fourth-order valence-corrected chi connectivity index (χ4v) is 3.43. The molecule has 0 saturated heterocycles. The molecule has 0 aliphatic rings. The number of non-ortho nitro benzene ring substituents is 1. The molecule has 0 bridgehead atoms. The zero-order valence-electron chi connectivity index (χ0n) is 19.0. The summed E-state index contributed by atoms with van der Waals surface area (Å²) in [5, 5.41) is 25.6. The minimum absolute atomic E-state index is 0.0866.